The molecule has 2 nitrogen and oxygen atoms in total. The number of hydrogen-bond acceptors (Lipinski definition) is 4. The van der Waals surface area contributed by atoms with Crippen molar-refractivity contribution in [3.05, 3.63) is 16.9 Å². The van der Waals surface area contributed by atoms with Gasteiger partial charge in [0.05, 0.1) is 23.1 Å². The number of thiol groups is 1. The minimum atomic E-state index is -0.366. The van der Waals surface area contributed by atoms with Crippen LogP contribution in [0.4, 0.5) is 4.39 Å². The Labute approximate surface area is 217 Å². The predicted molar refractivity (Wildman–Crippen MR) is 138 cm³/mol. The fourth-order valence-electron chi connectivity index (χ4n) is 10.3. The van der Waals surface area contributed by atoms with Crippen LogP contribution in [0.15, 0.2) is 11.0 Å². The first-order valence-electron chi connectivity index (χ1n) is 13.5. The molecule has 8 aliphatic rings. The smallest absolute Gasteiger partial charge is 0.199 e. The van der Waals surface area contributed by atoms with E-state index in [0.717, 1.165) is 46.3 Å². The summed E-state index contributed by atoms with van der Waals surface area (Å²) in [5.74, 6) is 5.38. The van der Waals surface area contributed by atoms with Gasteiger partial charge < -0.3 is 9.47 Å². The fourth-order valence-corrected chi connectivity index (χ4v) is 11.3. The van der Waals surface area contributed by atoms with E-state index in [2.05, 4.69) is 11.7 Å². The van der Waals surface area contributed by atoms with Crippen molar-refractivity contribution in [3.63, 3.8) is 0 Å². The van der Waals surface area contributed by atoms with Crippen molar-refractivity contribution in [1.29, 1.82) is 0 Å². The summed E-state index contributed by atoms with van der Waals surface area (Å²) in [6, 6.07) is 1.65. The number of halogens is 2. The SMILES string of the molecule is Fc1c(SS)cc(Cl)c(OCC23CC4CC(CC(C4)C2)C3)c1OCC12CC3CC(CC(C3)C1)C2. The van der Waals surface area contributed by atoms with Crippen molar-refractivity contribution in [2.75, 3.05) is 13.2 Å². The van der Waals surface area contributed by atoms with Crippen LogP contribution in [0.3, 0.4) is 0 Å². The van der Waals surface area contributed by atoms with E-state index in [1.807, 2.05) is 0 Å². The van der Waals surface area contributed by atoms with Gasteiger partial charge >= 0.3 is 0 Å². The van der Waals surface area contributed by atoms with E-state index in [9.17, 15) is 0 Å². The molecule has 6 heteroatoms. The molecule has 0 aliphatic heterocycles. The van der Waals surface area contributed by atoms with Crippen LogP contribution in [0, 0.1) is 52.2 Å². The quantitative estimate of drug-likeness (QED) is 0.285. The first-order chi connectivity index (χ1) is 16.4. The van der Waals surface area contributed by atoms with Crippen molar-refractivity contribution in [1.82, 2.24) is 0 Å². The van der Waals surface area contributed by atoms with Crippen LogP contribution in [-0.4, -0.2) is 13.2 Å². The Bertz CT molecular complexity index is 911. The molecule has 0 aromatic heterocycles. The number of benzene rings is 1. The zero-order valence-electron chi connectivity index (χ0n) is 19.9. The highest BCUT2D eigenvalue weighted by Gasteiger charge is 2.52. The fraction of sp³-hybridized carbons (Fsp3) is 0.786. The third-order valence-electron chi connectivity index (χ3n) is 10.6. The highest BCUT2D eigenvalue weighted by atomic mass is 35.5. The van der Waals surface area contributed by atoms with E-state index >= 15 is 4.39 Å². The second-order valence-corrected chi connectivity index (χ2v) is 14.9. The van der Waals surface area contributed by atoms with Crippen LogP contribution in [0.25, 0.3) is 0 Å². The van der Waals surface area contributed by atoms with E-state index in [1.54, 1.807) is 6.07 Å². The maximum atomic E-state index is 15.6. The molecule has 186 valence electrons. The Balaban J connectivity index is 1.14. The van der Waals surface area contributed by atoms with Gasteiger partial charge in [-0.05, 0) is 119 Å². The molecule has 0 radical (unpaired) electrons. The van der Waals surface area contributed by atoms with E-state index in [0.29, 0.717) is 28.9 Å². The van der Waals surface area contributed by atoms with Gasteiger partial charge in [-0.2, -0.15) is 0 Å². The van der Waals surface area contributed by atoms with Crippen LogP contribution >= 0.6 is 34.1 Å². The van der Waals surface area contributed by atoms with Crippen molar-refractivity contribution < 1.29 is 13.9 Å². The first kappa shape index (κ1) is 22.9. The molecule has 9 rings (SSSR count). The minimum Gasteiger partial charge on any atom is -0.487 e. The van der Waals surface area contributed by atoms with Crippen molar-refractivity contribution in [2.45, 2.75) is 81.9 Å². The van der Waals surface area contributed by atoms with Crippen molar-refractivity contribution in [3.8, 4) is 11.5 Å². The molecule has 0 spiro atoms. The highest BCUT2D eigenvalue weighted by Crippen LogP contribution is 2.62. The van der Waals surface area contributed by atoms with Gasteiger partial charge in [0, 0.05) is 10.8 Å². The lowest BCUT2D eigenvalue weighted by Gasteiger charge is -2.56. The molecule has 0 unspecified atom stereocenters. The summed E-state index contributed by atoms with van der Waals surface area (Å²) in [7, 11) is 1.08. The largest absolute Gasteiger partial charge is 0.487 e. The normalized spacial score (nSPS) is 43.5. The number of rotatable bonds is 7. The molecule has 0 heterocycles. The molecule has 0 amide bonds. The van der Waals surface area contributed by atoms with Gasteiger partial charge in [-0.1, -0.05) is 22.4 Å². The molecule has 1 aromatic rings. The zero-order chi connectivity index (χ0) is 23.1. The molecule has 8 saturated carbocycles. The van der Waals surface area contributed by atoms with Gasteiger partial charge in [0.1, 0.15) is 0 Å². The van der Waals surface area contributed by atoms with E-state index in [-0.39, 0.29) is 22.4 Å². The van der Waals surface area contributed by atoms with Crippen LogP contribution in [0.5, 0.6) is 11.5 Å². The van der Waals surface area contributed by atoms with Crippen LogP contribution < -0.4 is 9.47 Å². The summed E-state index contributed by atoms with van der Waals surface area (Å²) in [6.45, 7) is 1.22. The van der Waals surface area contributed by atoms with E-state index < -0.39 is 0 Å². The Morgan fingerprint density at radius 1 is 0.765 bits per heavy atom. The Kier molecular flexibility index (Phi) is 5.64. The van der Waals surface area contributed by atoms with Crippen LogP contribution in [-0.2, 0) is 0 Å². The third-order valence-corrected chi connectivity index (χ3v) is 11.9. The summed E-state index contributed by atoms with van der Waals surface area (Å²) in [5, 5.41) is 0.447. The van der Waals surface area contributed by atoms with Gasteiger partial charge in [0.15, 0.2) is 17.3 Å². The van der Waals surface area contributed by atoms with Gasteiger partial charge in [0.2, 0.25) is 0 Å². The van der Waals surface area contributed by atoms with Gasteiger partial charge in [-0.15, -0.1) is 11.7 Å². The lowest BCUT2D eigenvalue weighted by atomic mass is 9.50. The van der Waals surface area contributed by atoms with Gasteiger partial charge in [0.25, 0.3) is 0 Å². The average Bonchev–Trinajstić information content (AvgIpc) is 2.76. The summed E-state index contributed by atoms with van der Waals surface area (Å²) in [6.07, 6.45) is 15.9. The summed E-state index contributed by atoms with van der Waals surface area (Å²) < 4.78 is 28.5. The topological polar surface area (TPSA) is 18.5 Å². The zero-order valence-corrected chi connectivity index (χ0v) is 22.3. The van der Waals surface area contributed by atoms with E-state index in [1.165, 1.54) is 77.0 Å². The van der Waals surface area contributed by atoms with Gasteiger partial charge in [-0.3, -0.25) is 0 Å². The Morgan fingerprint density at radius 3 is 1.53 bits per heavy atom. The van der Waals surface area contributed by atoms with Crippen molar-refractivity contribution >= 4 is 34.1 Å². The standard InChI is InChI=1S/C28H36ClFO2S2/c29-22-7-23(34-33)24(30)26(32-15-28-11-19-4-20(12-28)6-21(5-19)13-28)25(22)31-14-27-8-16-1-17(9-27)3-18(2-16)10-27/h7,16-21,33H,1-6,8-15H2. The molecular weight excluding hydrogens is 487 g/mol. The Morgan fingerprint density at radius 2 is 1.15 bits per heavy atom. The molecule has 0 N–H and O–H groups in total. The average molecular weight is 523 g/mol. The molecule has 8 bridgehead atoms. The van der Waals surface area contributed by atoms with Gasteiger partial charge in [-0.25, -0.2) is 4.39 Å². The van der Waals surface area contributed by atoms with E-state index in [4.69, 9.17) is 21.1 Å². The molecule has 0 saturated heterocycles. The van der Waals surface area contributed by atoms with Crippen molar-refractivity contribution in [2.24, 2.45) is 46.3 Å². The molecular formula is C28H36ClFO2S2. The van der Waals surface area contributed by atoms with Crippen LogP contribution in [0.1, 0.15) is 77.0 Å². The maximum absolute atomic E-state index is 15.6. The predicted octanol–water partition coefficient (Wildman–Crippen LogP) is 8.61. The molecule has 1 aromatic carbocycles. The summed E-state index contributed by atoms with van der Waals surface area (Å²) in [4.78, 5) is 0.413. The highest BCUT2D eigenvalue weighted by molar-refractivity contribution is 8.68. The second kappa shape index (κ2) is 8.38. The third kappa shape index (κ3) is 3.90. The lowest BCUT2D eigenvalue weighted by molar-refractivity contribution is -0.0791. The molecule has 34 heavy (non-hydrogen) atoms. The first-order valence-corrected chi connectivity index (χ1v) is 15.8. The maximum Gasteiger partial charge on any atom is 0.199 e. The second-order valence-electron chi connectivity index (χ2n) is 13.3. The summed E-state index contributed by atoms with van der Waals surface area (Å²) in [5.41, 5.74) is 0.442. The lowest BCUT2D eigenvalue weighted by Crippen LogP contribution is -2.49. The molecule has 8 aliphatic carbocycles. The Hall–Kier alpha value is -0.260. The van der Waals surface area contributed by atoms with Crippen LogP contribution in [0.2, 0.25) is 5.02 Å². The minimum absolute atomic E-state index is 0.203. The summed E-state index contributed by atoms with van der Waals surface area (Å²) >= 11 is 11.0. The monoisotopic (exact) mass is 522 g/mol. The molecule has 8 fully saturated rings. The number of hydrogen-bond donors (Lipinski definition) is 1. The number of ether oxygens (including phenoxy) is 2. The molecule has 0 atom stereocenters.